The van der Waals surface area contributed by atoms with Crippen molar-refractivity contribution in [2.45, 2.75) is 0 Å². The number of nitrogens with one attached hydrogen (secondary N) is 2. The van der Waals surface area contributed by atoms with Crippen molar-refractivity contribution in [2.75, 3.05) is 7.11 Å². The first kappa shape index (κ1) is 12.5. The molecule has 4 rings (SSSR count). The smallest absolute Gasteiger partial charge is 0.140 e. The molecule has 4 aromatic rings. The predicted octanol–water partition coefficient (Wildman–Crippen LogP) is 4.48. The summed E-state index contributed by atoms with van der Waals surface area (Å²) in [5.74, 6) is 1.69. The molecule has 0 unspecified atom stereocenters. The molecule has 0 atom stereocenters. The van der Waals surface area contributed by atoms with Crippen LogP contribution < -0.4 is 4.74 Å². The van der Waals surface area contributed by atoms with E-state index >= 15 is 0 Å². The highest BCUT2D eigenvalue weighted by Gasteiger charge is 2.11. The minimum atomic E-state index is 0.835. The van der Waals surface area contributed by atoms with Gasteiger partial charge in [0.15, 0.2) is 0 Å². The van der Waals surface area contributed by atoms with E-state index < -0.39 is 0 Å². The Balaban J connectivity index is 1.94. The van der Waals surface area contributed by atoms with Crippen LogP contribution >= 0.6 is 15.9 Å². The van der Waals surface area contributed by atoms with Crippen LogP contribution in [0.3, 0.4) is 0 Å². The second-order valence-corrected chi connectivity index (χ2v) is 5.78. The fraction of sp³-hybridized carbons (Fsp3) is 0.0625. The van der Waals surface area contributed by atoms with Crippen LogP contribution in [0.5, 0.6) is 5.75 Å². The molecule has 0 aliphatic heterocycles. The van der Waals surface area contributed by atoms with Crippen LogP contribution in [0.1, 0.15) is 0 Å². The van der Waals surface area contributed by atoms with Gasteiger partial charge in [0.1, 0.15) is 11.6 Å². The van der Waals surface area contributed by atoms with Gasteiger partial charge in [-0.25, -0.2) is 4.98 Å². The number of halogens is 1. The number of hydrogen-bond donors (Lipinski definition) is 2. The number of methoxy groups -OCH3 is 1. The number of benzene rings is 2. The van der Waals surface area contributed by atoms with Gasteiger partial charge in [-0.15, -0.1) is 0 Å². The third kappa shape index (κ3) is 2.01. The Morgan fingerprint density at radius 3 is 2.86 bits per heavy atom. The Labute approximate surface area is 129 Å². The van der Waals surface area contributed by atoms with E-state index in [4.69, 9.17) is 4.74 Å². The molecule has 0 aliphatic rings. The van der Waals surface area contributed by atoms with Gasteiger partial charge in [0.05, 0.1) is 18.1 Å². The third-order valence-corrected chi connectivity index (χ3v) is 4.08. The summed E-state index contributed by atoms with van der Waals surface area (Å²) < 4.78 is 6.34. The van der Waals surface area contributed by atoms with Gasteiger partial charge in [0.25, 0.3) is 0 Å². The van der Waals surface area contributed by atoms with Crippen LogP contribution in [-0.4, -0.2) is 22.1 Å². The maximum absolute atomic E-state index is 5.31. The van der Waals surface area contributed by atoms with Crippen molar-refractivity contribution < 1.29 is 4.74 Å². The van der Waals surface area contributed by atoms with Gasteiger partial charge < -0.3 is 14.7 Å². The molecule has 2 aromatic heterocycles. The molecule has 104 valence electrons. The summed E-state index contributed by atoms with van der Waals surface area (Å²) >= 11 is 3.48. The van der Waals surface area contributed by atoms with Gasteiger partial charge in [0, 0.05) is 27.1 Å². The molecule has 5 heteroatoms. The van der Waals surface area contributed by atoms with E-state index in [0.29, 0.717) is 0 Å². The van der Waals surface area contributed by atoms with E-state index in [1.54, 1.807) is 7.11 Å². The molecule has 0 saturated heterocycles. The number of imidazole rings is 1. The SMILES string of the molecule is COc1ccc2[nH]cc(-c3nc4ccc(Br)cc4[nH]3)c2c1. The van der Waals surface area contributed by atoms with Crippen LogP contribution in [0, 0.1) is 0 Å². The minimum Gasteiger partial charge on any atom is -0.497 e. The van der Waals surface area contributed by atoms with E-state index in [1.807, 2.05) is 42.6 Å². The van der Waals surface area contributed by atoms with E-state index in [9.17, 15) is 0 Å². The van der Waals surface area contributed by atoms with Crippen LogP contribution in [0.2, 0.25) is 0 Å². The highest BCUT2D eigenvalue weighted by atomic mass is 79.9. The summed E-state index contributed by atoms with van der Waals surface area (Å²) in [5, 5.41) is 1.09. The molecular weight excluding hydrogens is 330 g/mol. The molecule has 21 heavy (non-hydrogen) atoms. The Kier molecular flexibility index (Phi) is 2.75. The van der Waals surface area contributed by atoms with Crippen molar-refractivity contribution in [2.24, 2.45) is 0 Å². The number of ether oxygens (including phenoxy) is 1. The molecule has 4 nitrogen and oxygen atoms in total. The molecule has 0 fully saturated rings. The third-order valence-electron chi connectivity index (χ3n) is 3.59. The lowest BCUT2D eigenvalue weighted by molar-refractivity contribution is 0.415. The van der Waals surface area contributed by atoms with Crippen LogP contribution in [0.15, 0.2) is 47.1 Å². The number of H-pyrrole nitrogens is 2. The maximum atomic E-state index is 5.31. The summed E-state index contributed by atoms with van der Waals surface area (Å²) in [6.45, 7) is 0. The largest absolute Gasteiger partial charge is 0.497 e. The fourth-order valence-corrected chi connectivity index (χ4v) is 2.89. The lowest BCUT2D eigenvalue weighted by Crippen LogP contribution is -1.82. The van der Waals surface area contributed by atoms with Crippen molar-refractivity contribution in [3.05, 3.63) is 47.1 Å². The van der Waals surface area contributed by atoms with Gasteiger partial charge in [-0.3, -0.25) is 0 Å². The lowest BCUT2D eigenvalue weighted by atomic mass is 10.1. The van der Waals surface area contributed by atoms with E-state index in [-0.39, 0.29) is 0 Å². The molecule has 2 N–H and O–H groups in total. The summed E-state index contributed by atoms with van der Waals surface area (Å²) in [6.07, 6.45) is 1.97. The number of hydrogen-bond acceptors (Lipinski definition) is 2. The Morgan fingerprint density at radius 2 is 2.00 bits per heavy atom. The van der Waals surface area contributed by atoms with E-state index in [2.05, 4.69) is 30.9 Å². The summed E-state index contributed by atoms with van der Waals surface area (Å²) in [4.78, 5) is 11.3. The molecule has 0 aliphatic carbocycles. The summed E-state index contributed by atoms with van der Waals surface area (Å²) in [7, 11) is 1.67. The Hall–Kier alpha value is -2.27. The first-order chi connectivity index (χ1) is 10.2. The fourth-order valence-electron chi connectivity index (χ4n) is 2.53. The average molecular weight is 342 g/mol. The molecule has 0 radical (unpaired) electrons. The molecule has 0 amide bonds. The summed E-state index contributed by atoms with van der Waals surface area (Å²) in [6, 6.07) is 12.0. The van der Waals surface area contributed by atoms with Gasteiger partial charge in [-0.05, 0) is 36.4 Å². The zero-order valence-electron chi connectivity index (χ0n) is 11.3. The number of aromatic nitrogens is 3. The van der Waals surface area contributed by atoms with Crippen molar-refractivity contribution in [3.8, 4) is 17.1 Å². The molecule has 0 spiro atoms. The molecular formula is C16H12BrN3O. The average Bonchev–Trinajstić information content (AvgIpc) is 3.08. The number of nitrogens with zero attached hydrogens (tertiary/aromatic N) is 1. The van der Waals surface area contributed by atoms with E-state index in [1.165, 1.54) is 0 Å². The monoisotopic (exact) mass is 341 g/mol. The van der Waals surface area contributed by atoms with Crippen molar-refractivity contribution in [3.63, 3.8) is 0 Å². The first-order valence-electron chi connectivity index (χ1n) is 6.55. The zero-order chi connectivity index (χ0) is 14.4. The highest BCUT2D eigenvalue weighted by molar-refractivity contribution is 9.10. The Morgan fingerprint density at radius 1 is 1.10 bits per heavy atom. The van der Waals surface area contributed by atoms with E-state index in [0.717, 1.165) is 43.5 Å². The normalized spacial score (nSPS) is 11.3. The second-order valence-electron chi connectivity index (χ2n) is 4.86. The lowest BCUT2D eigenvalue weighted by Gasteiger charge is -2.00. The number of rotatable bonds is 2. The van der Waals surface area contributed by atoms with Gasteiger partial charge >= 0.3 is 0 Å². The predicted molar refractivity (Wildman–Crippen MR) is 87.6 cm³/mol. The van der Waals surface area contributed by atoms with Gasteiger partial charge in [0.2, 0.25) is 0 Å². The number of fused-ring (bicyclic) bond motifs is 2. The minimum absolute atomic E-state index is 0.835. The highest BCUT2D eigenvalue weighted by Crippen LogP contribution is 2.31. The topological polar surface area (TPSA) is 53.7 Å². The zero-order valence-corrected chi connectivity index (χ0v) is 12.9. The Bertz CT molecular complexity index is 955. The van der Waals surface area contributed by atoms with Crippen molar-refractivity contribution in [1.29, 1.82) is 0 Å². The van der Waals surface area contributed by atoms with Crippen molar-refractivity contribution in [1.82, 2.24) is 15.0 Å². The van der Waals surface area contributed by atoms with Crippen LogP contribution in [0.25, 0.3) is 33.3 Å². The summed E-state index contributed by atoms with van der Waals surface area (Å²) in [5.41, 5.74) is 4.06. The van der Waals surface area contributed by atoms with Crippen LogP contribution in [0.4, 0.5) is 0 Å². The number of aromatic amines is 2. The maximum Gasteiger partial charge on any atom is 0.140 e. The van der Waals surface area contributed by atoms with Gasteiger partial charge in [-0.1, -0.05) is 15.9 Å². The molecule has 0 saturated carbocycles. The second kappa shape index (κ2) is 4.63. The molecule has 0 bridgehead atoms. The quantitative estimate of drug-likeness (QED) is 0.564. The first-order valence-corrected chi connectivity index (χ1v) is 7.34. The van der Waals surface area contributed by atoms with Crippen molar-refractivity contribution >= 4 is 37.9 Å². The molecule has 2 heterocycles. The van der Waals surface area contributed by atoms with Crippen LogP contribution in [-0.2, 0) is 0 Å². The standard InChI is InChI=1S/C16H12BrN3O/c1-21-10-3-5-13-11(7-10)12(8-18-13)16-19-14-4-2-9(17)6-15(14)20-16/h2-8,18H,1H3,(H,19,20). The van der Waals surface area contributed by atoms with Gasteiger partial charge in [-0.2, -0.15) is 0 Å². The molecule has 2 aromatic carbocycles.